The van der Waals surface area contributed by atoms with E-state index >= 15 is 0 Å². The van der Waals surface area contributed by atoms with Gasteiger partial charge in [-0.25, -0.2) is 0 Å². The van der Waals surface area contributed by atoms with E-state index in [-0.39, 0.29) is 5.92 Å². The van der Waals surface area contributed by atoms with Gasteiger partial charge in [0.2, 0.25) is 0 Å². The molecule has 0 aliphatic heterocycles. The van der Waals surface area contributed by atoms with Gasteiger partial charge in [0, 0.05) is 11.5 Å². The molecule has 20 heavy (non-hydrogen) atoms. The molecule has 1 aliphatic rings. The van der Waals surface area contributed by atoms with Crippen molar-refractivity contribution in [2.75, 3.05) is 0 Å². The van der Waals surface area contributed by atoms with E-state index in [2.05, 4.69) is 35.8 Å². The van der Waals surface area contributed by atoms with Gasteiger partial charge < -0.3 is 0 Å². The molecule has 3 rings (SSSR count). The Hall–Kier alpha value is -2.44. The molecule has 0 nitrogen and oxygen atoms in total. The molecule has 0 aromatic heterocycles. The first-order chi connectivity index (χ1) is 9.92. The summed E-state index contributed by atoms with van der Waals surface area (Å²) >= 11 is 0. The number of hydrogen-bond donors (Lipinski definition) is 0. The molecule has 1 fully saturated rings. The molecule has 0 radical (unpaired) electrons. The summed E-state index contributed by atoms with van der Waals surface area (Å²) in [6, 6.07) is 20.4. The Labute approximate surface area is 120 Å². The third kappa shape index (κ3) is 3.53. The standard InChI is InChI=1S/C20H16/c1-3-7-17(8-4-1)13-15-20(16-14-18-11-12-18)19-9-5-2-6-10-19/h1-10,18,20H,11-12H2. The van der Waals surface area contributed by atoms with Crippen molar-refractivity contribution in [1.82, 2.24) is 0 Å². The Bertz CT molecular complexity index is 671. The van der Waals surface area contributed by atoms with Crippen LogP contribution in [0.15, 0.2) is 60.7 Å². The second-order valence-corrected chi connectivity index (χ2v) is 5.04. The maximum atomic E-state index is 3.34. The average Bonchev–Trinajstić information content (AvgIpc) is 3.33. The molecule has 2 aromatic carbocycles. The first kappa shape index (κ1) is 12.6. The molecule has 1 saturated carbocycles. The van der Waals surface area contributed by atoms with E-state index in [0.717, 1.165) is 5.56 Å². The van der Waals surface area contributed by atoms with Crippen molar-refractivity contribution in [1.29, 1.82) is 0 Å². The fraction of sp³-hybridized carbons (Fsp3) is 0.200. The van der Waals surface area contributed by atoms with Crippen LogP contribution in [-0.2, 0) is 0 Å². The zero-order valence-corrected chi connectivity index (χ0v) is 11.3. The molecular weight excluding hydrogens is 240 g/mol. The van der Waals surface area contributed by atoms with Crippen molar-refractivity contribution in [3.8, 4) is 23.7 Å². The van der Waals surface area contributed by atoms with E-state index < -0.39 is 0 Å². The summed E-state index contributed by atoms with van der Waals surface area (Å²) < 4.78 is 0. The molecule has 0 amide bonds. The van der Waals surface area contributed by atoms with Crippen LogP contribution in [0, 0.1) is 29.6 Å². The third-order valence-corrected chi connectivity index (χ3v) is 3.28. The van der Waals surface area contributed by atoms with Gasteiger partial charge in [-0.05, 0) is 30.5 Å². The third-order valence-electron chi connectivity index (χ3n) is 3.28. The largest absolute Gasteiger partial charge is 0.106 e. The summed E-state index contributed by atoms with van der Waals surface area (Å²) in [5.41, 5.74) is 2.23. The molecule has 0 spiro atoms. The summed E-state index contributed by atoms with van der Waals surface area (Å²) in [5, 5.41) is 0. The molecule has 0 heteroatoms. The maximum Gasteiger partial charge on any atom is 0.106 e. The van der Waals surface area contributed by atoms with Crippen LogP contribution in [0.2, 0.25) is 0 Å². The van der Waals surface area contributed by atoms with Crippen molar-refractivity contribution in [3.05, 3.63) is 71.8 Å². The van der Waals surface area contributed by atoms with Crippen LogP contribution in [0.3, 0.4) is 0 Å². The highest BCUT2D eigenvalue weighted by Gasteiger charge is 2.18. The van der Waals surface area contributed by atoms with Gasteiger partial charge in [-0.15, -0.1) is 0 Å². The first-order valence-corrected chi connectivity index (χ1v) is 7.04. The zero-order valence-electron chi connectivity index (χ0n) is 11.3. The number of benzene rings is 2. The zero-order chi connectivity index (χ0) is 13.6. The van der Waals surface area contributed by atoms with Gasteiger partial charge in [-0.3, -0.25) is 0 Å². The van der Waals surface area contributed by atoms with Crippen LogP contribution < -0.4 is 0 Å². The minimum absolute atomic E-state index is 0.0111. The van der Waals surface area contributed by atoms with Crippen molar-refractivity contribution in [2.45, 2.75) is 18.8 Å². The van der Waals surface area contributed by atoms with E-state index in [1.807, 2.05) is 48.5 Å². The summed E-state index contributed by atoms with van der Waals surface area (Å²) in [7, 11) is 0. The van der Waals surface area contributed by atoms with Gasteiger partial charge in [-0.1, -0.05) is 72.2 Å². The summed E-state index contributed by atoms with van der Waals surface area (Å²) in [5.74, 6) is 13.9. The van der Waals surface area contributed by atoms with Crippen LogP contribution in [0.5, 0.6) is 0 Å². The molecular formula is C20H16. The lowest BCUT2D eigenvalue weighted by atomic mass is 9.99. The molecule has 1 aliphatic carbocycles. The van der Waals surface area contributed by atoms with E-state index in [1.54, 1.807) is 0 Å². The highest BCUT2D eigenvalue weighted by molar-refractivity contribution is 5.42. The molecule has 0 saturated heterocycles. The van der Waals surface area contributed by atoms with E-state index in [0.29, 0.717) is 5.92 Å². The number of rotatable bonds is 1. The van der Waals surface area contributed by atoms with E-state index in [4.69, 9.17) is 0 Å². The Balaban J connectivity index is 1.87. The summed E-state index contributed by atoms with van der Waals surface area (Å²) in [6.07, 6.45) is 2.50. The highest BCUT2D eigenvalue weighted by atomic mass is 14.2. The lowest BCUT2D eigenvalue weighted by molar-refractivity contribution is 1.13. The second kappa shape index (κ2) is 6.14. The van der Waals surface area contributed by atoms with Gasteiger partial charge in [0.15, 0.2) is 0 Å². The van der Waals surface area contributed by atoms with Gasteiger partial charge in [-0.2, -0.15) is 0 Å². The van der Waals surface area contributed by atoms with Gasteiger partial charge in [0.1, 0.15) is 5.92 Å². The van der Waals surface area contributed by atoms with Crippen LogP contribution in [-0.4, -0.2) is 0 Å². The highest BCUT2D eigenvalue weighted by Crippen LogP contribution is 2.28. The SMILES string of the molecule is C(#CC(C#CC1CC1)c1ccccc1)c1ccccc1. The van der Waals surface area contributed by atoms with Gasteiger partial charge in [0.25, 0.3) is 0 Å². The monoisotopic (exact) mass is 256 g/mol. The van der Waals surface area contributed by atoms with Crippen molar-refractivity contribution < 1.29 is 0 Å². The molecule has 1 unspecified atom stereocenters. The first-order valence-electron chi connectivity index (χ1n) is 7.04. The molecule has 96 valence electrons. The molecule has 0 N–H and O–H groups in total. The van der Waals surface area contributed by atoms with Crippen LogP contribution >= 0.6 is 0 Å². The average molecular weight is 256 g/mol. The summed E-state index contributed by atoms with van der Waals surface area (Å²) in [6.45, 7) is 0. The van der Waals surface area contributed by atoms with Crippen LogP contribution in [0.1, 0.15) is 29.9 Å². The van der Waals surface area contributed by atoms with Crippen molar-refractivity contribution in [3.63, 3.8) is 0 Å². The van der Waals surface area contributed by atoms with Crippen molar-refractivity contribution in [2.24, 2.45) is 5.92 Å². The molecule has 1 atom stereocenters. The fourth-order valence-corrected chi connectivity index (χ4v) is 1.95. The predicted molar refractivity (Wildman–Crippen MR) is 83.0 cm³/mol. The smallest absolute Gasteiger partial charge is 0.0982 e. The number of hydrogen-bond acceptors (Lipinski definition) is 0. The lowest BCUT2D eigenvalue weighted by Crippen LogP contribution is -1.92. The fourth-order valence-electron chi connectivity index (χ4n) is 1.95. The van der Waals surface area contributed by atoms with E-state index in [1.165, 1.54) is 18.4 Å². The molecule has 0 heterocycles. The molecule has 2 aromatic rings. The Morgan fingerprint density at radius 2 is 1.45 bits per heavy atom. The van der Waals surface area contributed by atoms with Gasteiger partial charge >= 0.3 is 0 Å². The lowest BCUT2D eigenvalue weighted by Gasteiger charge is -2.02. The minimum Gasteiger partial charge on any atom is -0.0982 e. The predicted octanol–water partition coefficient (Wildman–Crippen LogP) is 4.24. The molecule has 0 bridgehead atoms. The van der Waals surface area contributed by atoms with Crippen LogP contribution in [0.25, 0.3) is 0 Å². The Kier molecular flexibility index (Phi) is 3.86. The van der Waals surface area contributed by atoms with Crippen LogP contribution in [0.4, 0.5) is 0 Å². The second-order valence-electron chi connectivity index (χ2n) is 5.04. The Morgan fingerprint density at radius 1 is 0.800 bits per heavy atom. The van der Waals surface area contributed by atoms with E-state index in [9.17, 15) is 0 Å². The Morgan fingerprint density at radius 3 is 2.10 bits per heavy atom. The minimum atomic E-state index is 0.0111. The topological polar surface area (TPSA) is 0 Å². The quantitative estimate of drug-likeness (QED) is 0.670. The normalized spacial score (nSPS) is 14.4. The summed E-state index contributed by atoms with van der Waals surface area (Å²) in [4.78, 5) is 0. The van der Waals surface area contributed by atoms with Gasteiger partial charge in [0.05, 0.1) is 0 Å². The van der Waals surface area contributed by atoms with Crippen molar-refractivity contribution >= 4 is 0 Å². The maximum absolute atomic E-state index is 3.34.